The Morgan fingerprint density at radius 1 is 1.05 bits per heavy atom. The highest BCUT2D eigenvalue weighted by molar-refractivity contribution is 5.92. The van der Waals surface area contributed by atoms with E-state index in [0.717, 1.165) is 11.5 Å². The fraction of sp³-hybridized carbons (Fsp3) is 0.500. The number of rotatable bonds is 2. The Hall–Kier alpha value is -1.68. The van der Waals surface area contributed by atoms with Crippen molar-refractivity contribution in [3.8, 4) is 0 Å². The smallest absolute Gasteiger partial charge is 0.156 e. The topological polar surface area (TPSA) is 49.8 Å². The monoisotopic (exact) mass is 268 g/mol. The highest BCUT2D eigenvalue weighted by atomic mass is 15.2. The van der Waals surface area contributed by atoms with E-state index in [1.54, 1.807) is 0 Å². The van der Waals surface area contributed by atoms with Gasteiger partial charge in [0, 0.05) is 28.9 Å². The minimum absolute atomic E-state index is 0.522. The Bertz CT molecular complexity index is 627. The van der Waals surface area contributed by atoms with Gasteiger partial charge in [0.05, 0.1) is 5.69 Å². The number of anilines is 1. The second kappa shape index (κ2) is 4.70. The lowest BCUT2D eigenvalue weighted by atomic mass is 9.99. The number of nitrogens with zero attached hydrogens (tertiary/aromatic N) is 2. The van der Waals surface area contributed by atoms with Crippen LogP contribution in [0.5, 0.6) is 0 Å². The number of piperidine rings is 1. The summed E-state index contributed by atoms with van der Waals surface area (Å²) < 4.78 is 0. The predicted octanol–water partition coefficient (Wildman–Crippen LogP) is 2.63. The highest BCUT2D eigenvalue weighted by Crippen LogP contribution is 2.30. The molecule has 104 valence electrons. The molecule has 2 N–H and O–H groups in total. The number of hydrogen-bond acceptors (Lipinski definition) is 4. The molecule has 2 atom stereocenters. The van der Waals surface area contributed by atoms with Crippen LogP contribution in [0.3, 0.4) is 0 Å². The molecule has 0 saturated carbocycles. The van der Waals surface area contributed by atoms with Gasteiger partial charge in [0.25, 0.3) is 0 Å². The molecule has 0 aliphatic carbocycles. The Morgan fingerprint density at radius 3 is 2.50 bits per heavy atom. The van der Waals surface area contributed by atoms with Crippen LogP contribution in [0.4, 0.5) is 5.82 Å². The lowest BCUT2D eigenvalue weighted by Gasteiger charge is -2.30. The molecule has 0 spiro atoms. The summed E-state index contributed by atoms with van der Waals surface area (Å²) in [5, 5.41) is 18.4. The van der Waals surface area contributed by atoms with Crippen molar-refractivity contribution >= 4 is 16.6 Å². The fourth-order valence-electron chi connectivity index (χ4n) is 3.71. The summed E-state index contributed by atoms with van der Waals surface area (Å²) in [7, 11) is 0. The number of benzene rings is 1. The lowest BCUT2D eigenvalue weighted by molar-refractivity contribution is 0.377. The third kappa shape index (κ3) is 2.04. The van der Waals surface area contributed by atoms with Crippen molar-refractivity contribution in [2.24, 2.45) is 0 Å². The van der Waals surface area contributed by atoms with Gasteiger partial charge in [0.1, 0.15) is 0 Å². The van der Waals surface area contributed by atoms with E-state index in [0.29, 0.717) is 18.1 Å². The van der Waals surface area contributed by atoms with E-state index >= 15 is 0 Å². The molecule has 1 aromatic heterocycles. The molecule has 4 heteroatoms. The number of aromatic nitrogens is 2. The molecular formula is C16H20N4. The lowest BCUT2D eigenvalue weighted by Crippen LogP contribution is -2.43. The van der Waals surface area contributed by atoms with Crippen LogP contribution in [0.1, 0.15) is 31.4 Å². The first-order valence-corrected chi connectivity index (χ1v) is 7.54. The molecule has 0 radical (unpaired) electrons. The van der Waals surface area contributed by atoms with Crippen molar-refractivity contribution in [3.63, 3.8) is 0 Å². The van der Waals surface area contributed by atoms with Crippen molar-refractivity contribution in [2.75, 3.05) is 5.32 Å². The quantitative estimate of drug-likeness (QED) is 0.879. The predicted molar refractivity (Wildman–Crippen MR) is 80.9 cm³/mol. The molecule has 4 nitrogen and oxygen atoms in total. The molecule has 0 amide bonds. The molecule has 2 unspecified atom stereocenters. The van der Waals surface area contributed by atoms with Crippen molar-refractivity contribution in [1.29, 1.82) is 0 Å². The van der Waals surface area contributed by atoms with Gasteiger partial charge in [0.15, 0.2) is 5.82 Å². The second-order valence-electron chi connectivity index (χ2n) is 6.13. The van der Waals surface area contributed by atoms with E-state index < -0.39 is 0 Å². The van der Waals surface area contributed by atoms with Crippen molar-refractivity contribution < 1.29 is 0 Å². The Balaban J connectivity index is 1.64. The average molecular weight is 268 g/mol. The zero-order valence-corrected chi connectivity index (χ0v) is 11.8. The average Bonchev–Trinajstić information content (AvgIpc) is 2.81. The van der Waals surface area contributed by atoms with Gasteiger partial charge in [-0.2, -0.15) is 5.10 Å². The van der Waals surface area contributed by atoms with Gasteiger partial charge < -0.3 is 10.6 Å². The summed E-state index contributed by atoms with van der Waals surface area (Å²) in [6, 6.07) is 10.3. The largest absolute Gasteiger partial charge is 0.365 e. The Morgan fingerprint density at radius 2 is 1.75 bits per heavy atom. The van der Waals surface area contributed by atoms with E-state index in [4.69, 9.17) is 0 Å². The summed E-state index contributed by atoms with van der Waals surface area (Å²) in [6.07, 6.45) is 5.03. The van der Waals surface area contributed by atoms with Crippen molar-refractivity contribution in [3.05, 3.63) is 30.0 Å². The zero-order valence-electron chi connectivity index (χ0n) is 11.8. The first-order chi connectivity index (χ1) is 9.79. The highest BCUT2D eigenvalue weighted by Gasteiger charge is 2.33. The SMILES string of the molecule is Cc1nnc(NC2CC3CCC(C2)N3)c2ccccc12. The maximum atomic E-state index is 4.39. The Labute approximate surface area is 119 Å². The Kier molecular flexibility index (Phi) is 2.84. The van der Waals surface area contributed by atoms with Crippen LogP contribution < -0.4 is 10.6 Å². The molecule has 20 heavy (non-hydrogen) atoms. The third-order valence-corrected chi connectivity index (χ3v) is 4.69. The number of fused-ring (bicyclic) bond motifs is 3. The van der Waals surface area contributed by atoms with Crippen LogP contribution in [-0.2, 0) is 0 Å². The summed E-state index contributed by atoms with van der Waals surface area (Å²) in [6.45, 7) is 2.02. The van der Waals surface area contributed by atoms with E-state index in [2.05, 4.69) is 45.1 Å². The summed E-state index contributed by atoms with van der Waals surface area (Å²) in [5.41, 5.74) is 0.997. The minimum Gasteiger partial charge on any atom is -0.365 e. The van der Waals surface area contributed by atoms with Crippen LogP contribution in [0.15, 0.2) is 24.3 Å². The number of nitrogens with one attached hydrogen (secondary N) is 2. The zero-order chi connectivity index (χ0) is 13.5. The number of aryl methyl sites for hydroxylation is 1. The normalized spacial score (nSPS) is 28.8. The van der Waals surface area contributed by atoms with Gasteiger partial charge in [0.2, 0.25) is 0 Å². The number of hydrogen-bond donors (Lipinski definition) is 2. The van der Waals surface area contributed by atoms with Crippen molar-refractivity contribution in [1.82, 2.24) is 15.5 Å². The third-order valence-electron chi connectivity index (χ3n) is 4.69. The second-order valence-corrected chi connectivity index (χ2v) is 6.13. The minimum atomic E-state index is 0.522. The fourth-order valence-corrected chi connectivity index (χ4v) is 3.71. The molecular weight excluding hydrogens is 248 g/mol. The molecule has 2 aromatic rings. The van der Waals surface area contributed by atoms with Crippen molar-refractivity contribution in [2.45, 2.75) is 50.7 Å². The van der Waals surface area contributed by atoms with E-state index in [1.165, 1.54) is 36.5 Å². The van der Waals surface area contributed by atoms with Gasteiger partial charge in [-0.05, 0) is 32.6 Å². The summed E-state index contributed by atoms with van der Waals surface area (Å²) in [5.74, 6) is 0.942. The van der Waals surface area contributed by atoms with Gasteiger partial charge in [-0.25, -0.2) is 0 Å². The van der Waals surface area contributed by atoms with Crippen LogP contribution in [0, 0.1) is 6.92 Å². The van der Waals surface area contributed by atoms with Gasteiger partial charge in [-0.3, -0.25) is 0 Å². The molecule has 2 aliphatic heterocycles. The molecule has 2 saturated heterocycles. The van der Waals surface area contributed by atoms with E-state index in [9.17, 15) is 0 Å². The van der Waals surface area contributed by atoms with Crippen LogP contribution in [0.25, 0.3) is 10.8 Å². The van der Waals surface area contributed by atoms with Crippen LogP contribution in [0.2, 0.25) is 0 Å². The molecule has 2 fully saturated rings. The maximum Gasteiger partial charge on any atom is 0.156 e. The molecule has 3 heterocycles. The summed E-state index contributed by atoms with van der Waals surface area (Å²) in [4.78, 5) is 0. The molecule has 4 rings (SSSR count). The van der Waals surface area contributed by atoms with Gasteiger partial charge in [-0.1, -0.05) is 24.3 Å². The van der Waals surface area contributed by atoms with Crippen LogP contribution in [-0.4, -0.2) is 28.3 Å². The van der Waals surface area contributed by atoms with Crippen LogP contribution >= 0.6 is 0 Å². The summed E-state index contributed by atoms with van der Waals surface area (Å²) >= 11 is 0. The van der Waals surface area contributed by atoms with E-state index in [-0.39, 0.29) is 0 Å². The first kappa shape index (κ1) is 12.1. The maximum absolute atomic E-state index is 4.39. The molecule has 1 aromatic carbocycles. The van der Waals surface area contributed by atoms with Gasteiger partial charge in [-0.15, -0.1) is 5.10 Å². The first-order valence-electron chi connectivity index (χ1n) is 7.54. The van der Waals surface area contributed by atoms with Gasteiger partial charge >= 0.3 is 0 Å². The standard InChI is InChI=1S/C16H20N4/c1-10-14-4-2-3-5-15(14)16(20-19-10)18-13-8-11-6-7-12(9-13)17-11/h2-5,11-13,17H,6-9H2,1H3,(H,18,20). The molecule has 2 aliphatic rings. The molecule has 2 bridgehead atoms. The van der Waals surface area contributed by atoms with E-state index in [1.807, 2.05) is 6.92 Å².